The molecule has 2 N–H and O–H groups in total. The first kappa shape index (κ1) is 15.2. The first-order valence-electron chi connectivity index (χ1n) is 6.25. The monoisotopic (exact) mass is 313 g/mol. The van der Waals surface area contributed by atoms with E-state index in [0.29, 0.717) is 12.8 Å². The second-order valence-corrected chi connectivity index (χ2v) is 5.38. The van der Waals surface area contributed by atoms with Gasteiger partial charge in [-0.2, -0.15) is 0 Å². The van der Waals surface area contributed by atoms with E-state index < -0.39 is 6.10 Å². The van der Waals surface area contributed by atoms with E-state index in [1.165, 1.54) is 0 Å². The zero-order valence-electron chi connectivity index (χ0n) is 10.8. The van der Waals surface area contributed by atoms with E-state index in [0.717, 1.165) is 16.5 Å². The lowest BCUT2D eigenvalue weighted by atomic mass is 10.0. The Morgan fingerprint density at radius 3 is 2.50 bits per heavy atom. The maximum atomic E-state index is 11.7. The zero-order valence-corrected chi connectivity index (χ0v) is 12.4. The molecule has 0 saturated heterocycles. The predicted octanol–water partition coefficient (Wildman–Crippen LogP) is 3.18. The quantitative estimate of drug-likeness (QED) is 0.847. The number of halogens is 1. The van der Waals surface area contributed by atoms with E-state index in [-0.39, 0.29) is 11.9 Å². The zero-order chi connectivity index (χ0) is 13.5. The van der Waals surface area contributed by atoms with Gasteiger partial charge in [0, 0.05) is 10.9 Å². The van der Waals surface area contributed by atoms with Crippen LogP contribution in [-0.4, -0.2) is 17.1 Å². The third kappa shape index (κ3) is 5.19. The molecule has 100 valence electrons. The number of nitrogens with one attached hydrogen (secondary N) is 1. The number of amides is 1. The minimum Gasteiger partial charge on any atom is -0.393 e. The highest BCUT2D eigenvalue weighted by Gasteiger charge is 2.12. The summed E-state index contributed by atoms with van der Waals surface area (Å²) in [6.07, 6.45) is 1.29. The predicted molar refractivity (Wildman–Crippen MR) is 76.2 cm³/mol. The van der Waals surface area contributed by atoms with Crippen molar-refractivity contribution < 1.29 is 9.90 Å². The van der Waals surface area contributed by atoms with Crippen molar-refractivity contribution in [2.24, 2.45) is 0 Å². The van der Waals surface area contributed by atoms with Crippen molar-refractivity contribution in [2.75, 3.05) is 0 Å². The summed E-state index contributed by atoms with van der Waals surface area (Å²) in [5.41, 5.74) is 1.10. The van der Waals surface area contributed by atoms with E-state index in [4.69, 9.17) is 5.11 Å². The lowest BCUT2D eigenvalue weighted by molar-refractivity contribution is -0.122. The third-order valence-corrected chi connectivity index (χ3v) is 3.33. The van der Waals surface area contributed by atoms with Crippen molar-refractivity contribution in [3.05, 3.63) is 34.3 Å². The Morgan fingerprint density at radius 1 is 1.39 bits per heavy atom. The number of carbonyl (C=O) groups is 1. The number of aliphatic hydroxyl groups is 1. The molecule has 0 heterocycles. The van der Waals surface area contributed by atoms with Crippen molar-refractivity contribution in [2.45, 2.75) is 45.3 Å². The molecule has 18 heavy (non-hydrogen) atoms. The molecule has 0 saturated carbocycles. The molecular weight excluding hydrogens is 294 g/mol. The highest BCUT2D eigenvalue weighted by molar-refractivity contribution is 9.10. The summed E-state index contributed by atoms with van der Waals surface area (Å²) < 4.78 is 1.03. The van der Waals surface area contributed by atoms with E-state index in [9.17, 15) is 4.79 Å². The Bertz CT molecular complexity index is 376. The number of hydrogen-bond acceptors (Lipinski definition) is 2. The molecule has 0 bridgehead atoms. The molecule has 0 fully saturated rings. The summed E-state index contributed by atoms with van der Waals surface area (Å²) in [6, 6.07) is 8.00. The van der Waals surface area contributed by atoms with Gasteiger partial charge < -0.3 is 10.4 Å². The Hall–Kier alpha value is -0.870. The van der Waals surface area contributed by atoms with Gasteiger partial charge in [0.1, 0.15) is 0 Å². The number of aliphatic hydroxyl groups excluding tert-OH is 1. The van der Waals surface area contributed by atoms with Crippen LogP contribution in [0.5, 0.6) is 0 Å². The van der Waals surface area contributed by atoms with Crippen LogP contribution in [0.2, 0.25) is 0 Å². The summed E-state index contributed by atoms with van der Waals surface area (Å²) in [7, 11) is 0. The number of rotatable bonds is 6. The Kier molecular flexibility index (Phi) is 6.36. The van der Waals surface area contributed by atoms with Crippen LogP contribution in [-0.2, 0) is 4.79 Å². The van der Waals surface area contributed by atoms with E-state index in [1.54, 1.807) is 6.92 Å². The van der Waals surface area contributed by atoms with Gasteiger partial charge in [-0.15, -0.1) is 0 Å². The van der Waals surface area contributed by atoms with Gasteiger partial charge in [0.05, 0.1) is 12.1 Å². The summed E-state index contributed by atoms with van der Waals surface area (Å²) in [5, 5.41) is 12.1. The molecule has 3 nitrogen and oxygen atoms in total. The van der Waals surface area contributed by atoms with Gasteiger partial charge >= 0.3 is 0 Å². The SMILES string of the molecule is CCC(NC(=O)CCC(C)O)c1ccc(Br)cc1. The third-order valence-electron chi connectivity index (χ3n) is 2.81. The molecule has 0 aliphatic carbocycles. The van der Waals surface area contributed by atoms with Crippen molar-refractivity contribution in [1.82, 2.24) is 5.32 Å². The highest BCUT2D eigenvalue weighted by atomic mass is 79.9. The van der Waals surface area contributed by atoms with Crippen LogP contribution in [0.25, 0.3) is 0 Å². The molecular formula is C14H20BrNO2. The summed E-state index contributed by atoms with van der Waals surface area (Å²) in [5.74, 6) is -0.00864. The summed E-state index contributed by atoms with van der Waals surface area (Å²) in [4.78, 5) is 11.7. The molecule has 4 heteroatoms. The lowest BCUT2D eigenvalue weighted by Crippen LogP contribution is -2.28. The average Bonchev–Trinajstić information content (AvgIpc) is 2.34. The van der Waals surface area contributed by atoms with Gasteiger partial charge in [0.15, 0.2) is 0 Å². The average molecular weight is 314 g/mol. The Morgan fingerprint density at radius 2 is 2.00 bits per heavy atom. The fraction of sp³-hybridized carbons (Fsp3) is 0.500. The van der Waals surface area contributed by atoms with Gasteiger partial charge in [0.25, 0.3) is 0 Å². The van der Waals surface area contributed by atoms with Gasteiger partial charge in [-0.1, -0.05) is 35.0 Å². The molecule has 0 radical (unpaired) electrons. The maximum absolute atomic E-state index is 11.7. The van der Waals surface area contributed by atoms with Crippen molar-refractivity contribution in [3.63, 3.8) is 0 Å². The molecule has 1 amide bonds. The minimum absolute atomic E-state index is 0.00864. The molecule has 2 atom stereocenters. The number of hydrogen-bond donors (Lipinski definition) is 2. The molecule has 1 aromatic rings. The number of benzene rings is 1. The van der Waals surface area contributed by atoms with Crippen molar-refractivity contribution in [1.29, 1.82) is 0 Å². The second-order valence-electron chi connectivity index (χ2n) is 4.47. The van der Waals surface area contributed by atoms with Crippen LogP contribution in [0.1, 0.15) is 44.7 Å². The number of carbonyl (C=O) groups excluding carboxylic acids is 1. The van der Waals surface area contributed by atoms with Crippen LogP contribution < -0.4 is 5.32 Å². The Balaban J connectivity index is 2.56. The van der Waals surface area contributed by atoms with Gasteiger partial charge in [-0.3, -0.25) is 4.79 Å². The van der Waals surface area contributed by atoms with Gasteiger partial charge in [-0.25, -0.2) is 0 Å². The van der Waals surface area contributed by atoms with Crippen LogP contribution in [0.4, 0.5) is 0 Å². The van der Waals surface area contributed by atoms with E-state index in [1.807, 2.05) is 31.2 Å². The molecule has 0 aliphatic rings. The van der Waals surface area contributed by atoms with Crippen LogP contribution >= 0.6 is 15.9 Å². The van der Waals surface area contributed by atoms with Crippen LogP contribution in [0, 0.1) is 0 Å². The Labute approximate surface area is 117 Å². The molecule has 1 aromatic carbocycles. The molecule has 0 spiro atoms. The molecule has 0 aromatic heterocycles. The maximum Gasteiger partial charge on any atom is 0.220 e. The van der Waals surface area contributed by atoms with Gasteiger partial charge in [-0.05, 0) is 37.5 Å². The van der Waals surface area contributed by atoms with Crippen LogP contribution in [0.3, 0.4) is 0 Å². The highest BCUT2D eigenvalue weighted by Crippen LogP contribution is 2.19. The normalized spacial score (nSPS) is 14.0. The molecule has 2 unspecified atom stereocenters. The van der Waals surface area contributed by atoms with E-state index in [2.05, 4.69) is 21.2 Å². The lowest BCUT2D eigenvalue weighted by Gasteiger charge is -2.18. The first-order chi connectivity index (χ1) is 8.52. The summed E-state index contributed by atoms with van der Waals surface area (Å²) in [6.45, 7) is 3.74. The minimum atomic E-state index is -0.427. The van der Waals surface area contributed by atoms with Crippen molar-refractivity contribution in [3.8, 4) is 0 Å². The smallest absolute Gasteiger partial charge is 0.220 e. The van der Waals surface area contributed by atoms with Crippen molar-refractivity contribution >= 4 is 21.8 Å². The summed E-state index contributed by atoms with van der Waals surface area (Å²) >= 11 is 3.39. The van der Waals surface area contributed by atoms with Crippen LogP contribution in [0.15, 0.2) is 28.7 Å². The first-order valence-corrected chi connectivity index (χ1v) is 7.05. The second kappa shape index (κ2) is 7.54. The molecule has 0 aliphatic heterocycles. The fourth-order valence-corrected chi connectivity index (χ4v) is 1.99. The molecule has 1 rings (SSSR count). The largest absolute Gasteiger partial charge is 0.393 e. The topological polar surface area (TPSA) is 49.3 Å². The standard InChI is InChI=1S/C14H20BrNO2/c1-3-13(11-5-7-12(15)8-6-11)16-14(18)9-4-10(2)17/h5-8,10,13,17H,3-4,9H2,1-2H3,(H,16,18). The van der Waals surface area contributed by atoms with Gasteiger partial charge in [0.2, 0.25) is 5.91 Å². The fourth-order valence-electron chi connectivity index (χ4n) is 1.72. The van der Waals surface area contributed by atoms with E-state index >= 15 is 0 Å².